The first kappa shape index (κ1) is 15.6. The zero-order valence-electron chi connectivity index (χ0n) is 13.5. The minimum Gasteiger partial charge on any atom is -0.462 e. The second-order valence-electron chi connectivity index (χ2n) is 5.42. The molecule has 0 N–H and O–H groups in total. The molecule has 0 aliphatic carbocycles. The third-order valence-electron chi connectivity index (χ3n) is 3.82. The van der Waals surface area contributed by atoms with Crippen molar-refractivity contribution in [3.63, 3.8) is 0 Å². The molecule has 0 atom stereocenters. The van der Waals surface area contributed by atoms with Gasteiger partial charge in [0.25, 0.3) is 0 Å². The Morgan fingerprint density at radius 1 is 1.35 bits per heavy atom. The van der Waals surface area contributed by atoms with Crippen LogP contribution in [0.4, 0.5) is 0 Å². The van der Waals surface area contributed by atoms with Crippen LogP contribution in [0.1, 0.15) is 28.5 Å². The number of nitrogens with zero attached hydrogens (tertiary/aromatic N) is 1. The van der Waals surface area contributed by atoms with Crippen molar-refractivity contribution in [1.29, 1.82) is 0 Å². The molecular formula is C17H18BNO4. The second kappa shape index (κ2) is 6.42. The van der Waals surface area contributed by atoms with Gasteiger partial charge in [-0.2, -0.15) is 0 Å². The van der Waals surface area contributed by atoms with Crippen LogP contribution in [0.2, 0.25) is 6.82 Å². The lowest BCUT2D eigenvalue weighted by Crippen LogP contribution is -2.23. The monoisotopic (exact) mass is 311 g/mol. The predicted octanol–water partition coefficient (Wildman–Crippen LogP) is 2.72. The fraction of sp³-hybridized carbons (Fsp3) is 0.294. The van der Waals surface area contributed by atoms with E-state index in [1.165, 1.54) is 5.46 Å². The third kappa shape index (κ3) is 3.22. The highest BCUT2D eigenvalue weighted by molar-refractivity contribution is 6.67. The van der Waals surface area contributed by atoms with Crippen LogP contribution < -0.4 is 10.2 Å². The average Bonchev–Trinajstić information content (AvgIpc) is 2.88. The molecule has 1 aromatic carbocycles. The lowest BCUT2D eigenvalue weighted by Gasteiger charge is -2.09. The van der Waals surface area contributed by atoms with Crippen molar-refractivity contribution in [2.45, 2.75) is 27.3 Å². The molecule has 23 heavy (non-hydrogen) atoms. The van der Waals surface area contributed by atoms with Crippen molar-refractivity contribution in [1.82, 2.24) is 4.98 Å². The largest absolute Gasteiger partial charge is 0.462 e. The molecule has 118 valence electrons. The Labute approximate surface area is 135 Å². The Hall–Kier alpha value is -2.34. The molecule has 2 aromatic rings. The number of aromatic nitrogens is 1. The molecule has 2 heterocycles. The fourth-order valence-electron chi connectivity index (χ4n) is 2.61. The van der Waals surface area contributed by atoms with Crippen LogP contribution in [-0.4, -0.2) is 24.5 Å². The van der Waals surface area contributed by atoms with E-state index in [1.807, 2.05) is 25.0 Å². The summed E-state index contributed by atoms with van der Waals surface area (Å²) in [6.07, 6.45) is 0. The zero-order chi connectivity index (χ0) is 16.4. The number of hydrogen-bond donors (Lipinski definition) is 0. The van der Waals surface area contributed by atoms with Gasteiger partial charge in [-0.05, 0) is 43.1 Å². The number of carbonyl (C=O) groups is 1. The predicted molar refractivity (Wildman–Crippen MR) is 87.5 cm³/mol. The summed E-state index contributed by atoms with van der Waals surface area (Å²) in [5.41, 5.74) is 3.36. The second-order valence-corrected chi connectivity index (χ2v) is 5.42. The van der Waals surface area contributed by atoms with Crippen LogP contribution in [0.5, 0.6) is 11.6 Å². The van der Waals surface area contributed by atoms with Gasteiger partial charge in [0.05, 0.1) is 24.5 Å². The van der Waals surface area contributed by atoms with Crippen LogP contribution in [0.25, 0.3) is 0 Å². The third-order valence-corrected chi connectivity index (χ3v) is 3.82. The van der Waals surface area contributed by atoms with Crippen LogP contribution >= 0.6 is 0 Å². The van der Waals surface area contributed by atoms with E-state index < -0.39 is 0 Å². The zero-order valence-corrected chi connectivity index (χ0v) is 13.5. The summed E-state index contributed by atoms with van der Waals surface area (Å²) >= 11 is 0. The number of ether oxygens (including phenoxy) is 2. The lowest BCUT2D eigenvalue weighted by molar-refractivity contribution is 0.0525. The molecule has 0 bridgehead atoms. The van der Waals surface area contributed by atoms with Crippen molar-refractivity contribution in [3.8, 4) is 11.6 Å². The summed E-state index contributed by atoms with van der Waals surface area (Å²) in [6, 6.07) is 9.23. The van der Waals surface area contributed by atoms with Gasteiger partial charge in [-0.3, -0.25) is 0 Å². The summed E-state index contributed by atoms with van der Waals surface area (Å²) in [5, 5.41) is 0. The number of hydrogen-bond acceptors (Lipinski definition) is 5. The van der Waals surface area contributed by atoms with Crippen molar-refractivity contribution >= 4 is 18.3 Å². The van der Waals surface area contributed by atoms with Crippen LogP contribution in [0.15, 0.2) is 30.3 Å². The van der Waals surface area contributed by atoms with Crippen LogP contribution in [0, 0.1) is 6.92 Å². The highest BCUT2D eigenvalue weighted by Crippen LogP contribution is 2.23. The maximum Gasteiger partial charge on any atom is 0.339 e. The molecule has 1 aliphatic heterocycles. The van der Waals surface area contributed by atoms with Crippen LogP contribution in [-0.2, 0) is 16.0 Å². The first-order valence-corrected chi connectivity index (χ1v) is 7.65. The molecule has 0 fully saturated rings. The molecular weight excluding hydrogens is 293 g/mol. The first-order chi connectivity index (χ1) is 11.1. The number of aryl methyl sites for hydroxylation is 1. The molecule has 0 saturated heterocycles. The number of esters is 1. The van der Waals surface area contributed by atoms with Crippen molar-refractivity contribution in [3.05, 3.63) is 47.2 Å². The summed E-state index contributed by atoms with van der Waals surface area (Å²) in [5.74, 6) is 0.785. The van der Waals surface area contributed by atoms with E-state index in [0.717, 1.165) is 5.56 Å². The Kier molecular flexibility index (Phi) is 4.34. The van der Waals surface area contributed by atoms with Gasteiger partial charge in [-0.1, -0.05) is 12.9 Å². The van der Waals surface area contributed by atoms with Gasteiger partial charge >= 0.3 is 12.9 Å². The minimum atomic E-state index is -0.368. The Morgan fingerprint density at radius 3 is 2.91 bits per heavy atom. The minimum absolute atomic E-state index is 0.128. The summed E-state index contributed by atoms with van der Waals surface area (Å²) in [4.78, 5) is 16.1. The Morgan fingerprint density at radius 2 is 2.17 bits per heavy atom. The van der Waals surface area contributed by atoms with Gasteiger partial charge in [0.2, 0.25) is 5.88 Å². The average molecular weight is 311 g/mol. The van der Waals surface area contributed by atoms with Gasteiger partial charge in [0.1, 0.15) is 5.75 Å². The molecule has 6 heteroatoms. The molecule has 1 aliphatic rings. The van der Waals surface area contributed by atoms with Crippen LogP contribution in [0.3, 0.4) is 0 Å². The molecule has 3 rings (SSSR count). The number of fused-ring (bicyclic) bond motifs is 1. The molecule has 0 radical (unpaired) electrons. The molecule has 5 nitrogen and oxygen atoms in total. The van der Waals surface area contributed by atoms with Gasteiger partial charge in [0.15, 0.2) is 0 Å². The number of pyridine rings is 1. The van der Waals surface area contributed by atoms with E-state index in [-0.39, 0.29) is 12.9 Å². The van der Waals surface area contributed by atoms with Crippen molar-refractivity contribution in [2.75, 3.05) is 6.61 Å². The lowest BCUT2D eigenvalue weighted by atomic mass is 9.64. The van der Waals surface area contributed by atoms with E-state index in [4.69, 9.17) is 14.1 Å². The highest BCUT2D eigenvalue weighted by Gasteiger charge is 2.23. The molecule has 0 saturated carbocycles. The number of benzene rings is 1. The fourth-order valence-corrected chi connectivity index (χ4v) is 2.61. The van der Waals surface area contributed by atoms with Crippen molar-refractivity contribution < 1.29 is 18.9 Å². The van der Waals surface area contributed by atoms with Crippen molar-refractivity contribution in [2.24, 2.45) is 0 Å². The molecule has 1 aromatic heterocycles. The van der Waals surface area contributed by atoms with E-state index in [1.54, 1.807) is 26.0 Å². The number of carbonyl (C=O) groups excluding carboxylic acids is 1. The quantitative estimate of drug-likeness (QED) is 0.642. The maximum absolute atomic E-state index is 11.8. The summed E-state index contributed by atoms with van der Waals surface area (Å²) < 4.78 is 16.4. The summed E-state index contributed by atoms with van der Waals surface area (Å²) in [7, 11) is 0. The Balaban J connectivity index is 1.78. The normalized spacial score (nSPS) is 12.9. The highest BCUT2D eigenvalue weighted by atomic mass is 16.5. The maximum atomic E-state index is 11.8. The standard InChI is InChI=1S/C17H18BNO4/c1-4-21-17(20)14-6-8-16(19-11(14)2)23-13-5-7-15-12(9-13)10-22-18(15)3/h5-9H,4,10H2,1-3H3. The van der Waals surface area contributed by atoms with Gasteiger partial charge in [0, 0.05) is 6.07 Å². The SMILES string of the molecule is CCOC(=O)c1ccc(Oc2ccc3c(c2)COB3C)nc1C. The van der Waals surface area contributed by atoms with E-state index in [9.17, 15) is 4.79 Å². The van der Waals surface area contributed by atoms with Gasteiger partial charge in [-0.25, -0.2) is 9.78 Å². The molecule has 0 amide bonds. The summed E-state index contributed by atoms with van der Waals surface area (Å²) in [6.45, 7) is 6.64. The van der Waals surface area contributed by atoms with E-state index in [2.05, 4.69) is 4.98 Å². The van der Waals surface area contributed by atoms with E-state index in [0.29, 0.717) is 36.1 Å². The van der Waals surface area contributed by atoms with Gasteiger partial charge in [-0.15, -0.1) is 0 Å². The molecule has 0 spiro atoms. The topological polar surface area (TPSA) is 57.7 Å². The number of rotatable bonds is 4. The first-order valence-electron chi connectivity index (χ1n) is 7.65. The van der Waals surface area contributed by atoms with Gasteiger partial charge < -0.3 is 14.1 Å². The van der Waals surface area contributed by atoms with E-state index >= 15 is 0 Å². The molecule has 0 unspecified atom stereocenters. The smallest absolute Gasteiger partial charge is 0.339 e. The Bertz CT molecular complexity index is 747.